The molecule has 0 aromatic carbocycles. The summed E-state index contributed by atoms with van der Waals surface area (Å²) in [5.74, 6) is -0.666. The van der Waals surface area contributed by atoms with Gasteiger partial charge in [0, 0.05) is 0 Å². The third-order valence-electron chi connectivity index (χ3n) is 10.5. The van der Waals surface area contributed by atoms with E-state index in [0.29, 0.717) is 19.3 Å². The van der Waals surface area contributed by atoms with Crippen molar-refractivity contribution in [3.63, 3.8) is 0 Å². The minimum atomic E-state index is -1.64. The van der Waals surface area contributed by atoms with Gasteiger partial charge in [0.1, 0.15) is 30.5 Å². The molecule has 0 aromatic rings. The molecule has 0 bridgehead atoms. The number of aliphatic hydroxyl groups is 7. The van der Waals surface area contributed by atoms with E-state index in [1.807, 2.05) is 6.08 Å². The van der Waals surface area contributed by atoms with Crippen LogP contribution in [0.3, 0.4) is 0 Å². The third-order valence-corrected chi connectivity index (χ3v) is 10.5. The van der Waals surface area contributed by atoms with Crippen LogP contribution in [-0.4, -0.2) is 109 Å². The zero-order valence-corrected chi connectivity index (χ0v) is 34.2. The van der Waals surface area contributed by atoms with E-state index in [1.54, 1.807) is 19.1 Å². The second-order valence-corrected chi connectivity index (χ2v) is 15.8. The molecular weight excluding hydrogens is 690 g/mol. The molecule has 318 valence electrons. The standard InChI is InChI=1S/C43H81NO10/c1-4-6-8-10-12-13-14-15-16-17-18-19-21-24-29-36(47)41(51)44-34(33-53-42-40(50)39(49)38(48)37(32-45)54-42)35(46)28-25-23-27-31-43(3,52)30-26-22-20-11-9-7-5-2/h25,27-28,31,34-40,42,45-50,52H,4-24,26,29-30,32-33H2,1-3H3,(H,44,51)/b28-25+,31-27+/t34-,35+,36+,37+,38+,39-,40+,42+,43-/m0/s1. The normalized spacial score (nSPS) is 23.5. The van der Waals surface area contributed by atoms with Crippen molar-refractivity contribution in [1.82, 2.24) is 5.32 Å². The van der Waals surface area contributed by atoms with Crippen molar-refractivity contribution >= 4 is 5.91 Å². The molecule has 54 heavy (non-hydrogen) atoms. The van der Waals surface area contributed by atoms with Crippen LogP contribution < -0.4 is 5.32 Å². The van der Waals surface area contributed by atoms with Gasteiger partial charge in [-0.05, 0) is 26.2 Å². The van der Waals surface area contributed by atoms with Crippen LogP contribution in [0, 0.1) is 0 Å². The quantitative estimate of drug-likeness (QED) is 0.0273. The Kier molecular flexibility index (Phi) is 29.7. The second-order valence-electron chi connectivity index (χ2n) is 15.8. The Balaban J connectivity index is 2.60. The number of nitrogens with one attached hydrogen (secondary N) is 1. The van der Waals surface area contributed by atoms with E-state index < -0.39 is 67.1 Å². The highest BCUT2D eigenvalue weighted by Crippen LogP contribution is 2.23. The summed E-state index contributed by atoms with van der Waals surface area (Å²) >= 11 is 0. The first-order chi connectivity index (χ1) is 26.0. The highest BCUT2D eigenvalue weighted by Gasteiger charge is 2.44. The number of carbonyl (C=O) groups excluding carboxylic acids is 1. The highest BCUT2D eigenvalue weighted by atomic mass is 16.7. The Labute approximate surface area is 327 Å². The zero-order valence-electron chi connectivity index (χ0n) is 34.2. The number of carbonyl (C=O) groups is 1. The lowest BCUT2D eigenvalue weighted by Crippen LogP contribution is -2.60. The lowest BCUT2D eigenvalue weighted by molar-refractivity contribution is -0.302. The van der Waals surface area contributed by atoms with E-state index >= 15 is 0 Å². The number of ether oxygens (including phenoxy) is 2. The number of rotatable bonds is 34. The summed E-state index contributed by atoms with van der Waals surface area (Å²) in [4.78, 5) is 13.0. The molecule has 0 radical (unpaired) electrons. The number of hydrogen-bond donors (Lipinski definition) is 8. The van der Waals surface area contributed by atoms with Crippen LogP contribution in [0.2, 0.25) is 0 Å². The van der Waals surface area contributed by atoms with Gasteiger partial charge < -0.3 is 50.5 Å². The molecule has 0 aliphatic carbocycles. The molecule has 1 aliphatic heterocycles. The largest absolute Gasteiger partial charge is 0.394 e. The van der Waals surface area contributed by atoms with Gasteiger partial charge in [0.15, 0.2) is 6.29 Å². The van der Waals surface area contributed by atoms with Crippen molar-refractivity contribution in [2.24, 2.45) is 0 Å². The molecule has 1 aliphatic rings. The number of aliphatic hydroxyl groups excluding tert-OH is 6. The maximum Gasteiger partial charge on any atom is 0.249 e. The fraction of sp³-hybridized carbons (Fsp3) is 0.884. The average Bonchev–Trinajstić information content (AvgIpc) is 3.15. The lowest BCUT2D eigenvalue weighted by Gasteiger charge is -2.40. The van der Waals surface area contributed by atoms with Gasteiger partial charge in [-0.25, -0.2) is 0 Å². The summed E-state index contributed by atoms with van der Waals surface area (Å²) < 4.78 is 11.1. The molecule has 0 unspecified atom stereocenters. The molecule has 8 N–H and O–H groups in total. The summed E-state index contributed by atoms with van der Waals surface area (Å²) in [5, 5.41) is 75.2. The predicted molar refractivity (Wildman–Crippen MR) is 215 cm³/mol. The van der Waals surface area contributed by atoms with Crippen molar-refractivity contribution in [2.45, 2.75) is 229 Å². The minimum absolute atomic E-state index is 0.277. The van der Waals surface area contributed by atoms with Crippen LogP contribution >= 0.6 is 0 Å². The molecular formula is C43H81NO10. The predicted octanol–water partition coefficient (Wildman–Crippen LogP) is 6.28. The van der Waals surface area contributed by atoms with Crippen molar-refractivity contribution in [3.8, 4) is 0 Å². The monoisotopic (exact) mass is 772 g/mol. The number of unbranched alkanes of at least 4 members (excludes halogenated alkanes) is 19. The first kappa shape index (κ1) is 50.6. The van der Waals surface area contributed by atoms with Gasteiger partial charge in [-0.3, -0.25) is 4.79 Å². The van der Waals surface area contributed by atoms with E-state index in [1.165, 1.54) is 102 Å². The van der Waals surface area contributed by atoms with Gasteiger partial charge >= 0.3 is 0 Å². The number of amides is 1. The topological polar surface area (TPSA) is 189 Å². The summed E-state index contributed by atoms with van der Waals surface area (Å²) in [6, 6.07) is -1.06. The van der Waals surface area contributed by atoms with Crippen LogP contribution in [0.1, 0.15) is 175 Å². The number of allylic oxidation sites excluding steroid dienone is 2. The summed E-state index contributed by atoms with van der Waals surface area (Å²) in [6.45, 7) is 5.24. The summed E-state index contributed by atoms with van der Waals surface area (Å²) in [6.07, 6.45) is 23.2. The molecule has 1 amide bonds. The Morgan fingerprint density at radius 2 is 1.24 bits per heavy atom. The van der Waals surface area contributed by atoms with Gasteiger partial charge in [0.2, 0.25) is 5.91 Å². The lowest BCUT2D eigenvalue weighted by atomic mass is 9.96. The highest BCUT2D eigenvalue weighted by molar-refractivity contribution is 5.80. The van der Waals surface area contributed by atoms with Gasteiger partial charge in [-0.2, -0.15) is 0 Å². The van der Waals surface area contributed by atoms with E-state index in [-0.39, 0.29) is 13.0 Å². The average molecular weight is 772 g/mol. The number of hydrogen-bond acceptors (Lipinski definition) is 10. The maximum atomic E-state index is 13.0. The molecule has 11 heteroatoms. The van der Waals surface area contributed by atoms with Crippen LogP contribution in [0.5, 0.6) is 0 Å². The second kappa shape index (κ2) is 31.6. The van der Waals surface area contributed by atoms with Gasteiger partial charge in [-0.15, -0.1) is 0 Å². The smallest absolute Gasteiger partial charge is 0.249 e. The minimum Gasteiger partial charge on any atom is -0.394 e. The molecule has 9 atom stereocenters. The fourth-order valence-corrected chi connectivity index (χ4v) is 6.85. The molecule has 1 fully saturated rings. The SMILES string of the molecule is CCCCCCCCCCCCCCCC[C@@H](O)C(=O)N[C@@H](CO[C@@H]1O[C@H](CO)[C@@H](O)[C@H](O)[C@H]1O)[C@H](O)/C=C/C/C=C/[C@@](C)(O)CCCCCCCCC. The van der Waals surface area contributed by atoms with E-state index in [9.17, 15) is 40.5 Å². The molecule has 1 saturated heterocycles. The molecule has 11 nitrogen and oxygen atoms in total. The molecule has 1 heterocycles. The summed E-state index contributed by atoms with van der Waals surface area (Å²) in [5.41, 5.74) is -0.936. The van der Waals surface area contributed by atoms with Crippen molar-refractivity contribution in [2.75, 3.05) is 13.2 Å². The Morgan fingerprint density at radius 1 is 0.741 bits per heavy atom. The molecule has 0 saturated carbocycles. The third kappa shape index (κ3) is 23.6. The van der Waals surface area contributed by atoms with Gasteiger partial charge in [0.25, 0.3) is 0 Å². The molecule has 0 spiro atoms. The van der Waals surface area contributed by atoms with Crippen LogP contribution in [0.15, 0.2) is 24.3 Å². The van der Waals surface area contributed by atoms with Gasteiger partial charge in [0.05, 0.1) is 31.0 Å². The van der Waals surface area contributed by atoms with Crippen molar-refractivity contribution in [1.29, 1.82) is 0 Å². The Bertz CT molecular complexity index is 961. The van der Waals surface area contributed by atoms with E-state index in [0.717, 1.165) is 32.1 Å². The first-order valence-electron chi connectivity index (χ1n) is 21.6. The van der Waals surface area contributed by atoms with Gasteiger partial charge in [-0.1, -0.05) is 173 Å². The molecule has 0 aromatic heterocycles. The van der Waals surface area contributed by atoms with Crippen LogP contribution in [0.25, 0.3) is 0 Å². The fourth-order valence-electron chi connectivity index (χ4n) is 6.85. The van der Waals surface area contributed by atoms with Crippen LogP contribution in [-0.2, 0) is 14.3 Å². The summed E-state index contributed by atoms with van der Waals surface area (Å²) in [7, 11) is 0. The van der Waals surface area contributed by atoms with Crippen molar-refractivity contribution in [3.05, 3.63) is 24.3 Å². The maximum absolute atomic E-state index is 13.0. The Morgan fingerprint density at radius 3 is 1.76 bits per heavy atom. The zero-order chi connectivity index (χ0) is 40.0. The Hall–Kier alpha value is -1.41. The van der Waals surface area contributed by atoms with Crippen molar-refractivity contribution < 1.29 is 50.0 Å². The van der Waals surface area contributed by atoms with E-state index in [4.69, 9.17) is 9.47 Å². The van der Waals surface area contributed by atoms with E-state index in [2.05, 4.69) is 19.2 Å². The first-order valence-corrected chi connectivity index (χ1v) is 21.6. The van der Waals surface area contributed by atoms with Crippen LogP contribution in [0.4, 0.5) is 0 Å². The molecule has 1 rings (SSSR count).